The Labute approximate surface area is 150 Å². The molecule has 1 aromatic heterocycles. The highest BCUT2D eigenvalue weighted by molar-refractivity contribution is 5.66. The van der Waals surface area contributed by atoms with Crippen molar-refractivity contribution in [1.29, 1.82) is 0 Å². The topological polar surface area (TPSA) is 73.7 Å². The quantitative estimate of drug-likeness (QED) is 0.828. The highest BCUT2D eigenvalue weighted by Crippen LogP contribution is 2.32. The molecule has 2 heterocycles. The minimum Gasteiger partial charge on any atom is -0.481 e. The Hall–Kier alpha value is -1.46. The fourth-order valence-corrected chi connectivity index (χ4v) is 4.27. The van der Waals surface area contributed by atoms with Gasteiger partial charge in [0.25, 0.3) is 0 Å². The maximum atomic E-state index is 10.7. The number of carboxylic acids is 1. The molecule has 0 spiro atoms. The molecule has 1 aromatic rings. The molecule has 0 atom stereocenters. The molecule has 5 nitrogen and oxygen atoms in total. The van der Waals surface area contributed by atoms with Gasteiger partial charge < -0.3 is 15.1 Å². The van der Waals surface area contributed by atoms with Crippen molar-refractivity contribution in [2.24, 2.45) is 0 Å². The fourth-order valence-electron chi connectivity index (χ4n) is 4.27. The first-order valence-corrected chi connectivity index (χ1v) is 9.66. The second kappa shape index (κ2) is 8.28. The molecule has 0 unspecified atom stereocenters. The Bertz CT molecular complexity index is 576. The molecule has 138 valence electrons. The van der Waals surface area contributed by atoms with Crippen LogP contribution in [0.15, 0.2) is 18.2 Å². The molecule has 0 aromatic carbocycles. The largest absolute Gasteiger partial charge is 0.481 e. The molecule has 2 fully saturated rings. The third-order valence-electron chi connectivity index (χ3n) is 5.73. The monoisotopic (exact) mass is 346 g/mol. The number of piperidine rings is 1. The van der Waals surface area contributed by atoms with E-state index in [4.69, 9.17) is 10.1 Å². The highest BCUT2D eigenvalue weighted by Gasteiger charge is 2.33. The Morgan fingerprint density at radius 1 is 1.20 bits per heavy atom. The Kier molecular flexibility index (Phi) is 6.07. The van der Waals surface area contributed by atoms with Crippen LogP contribution in [0.5, 0.6) is 0 Å². The number of β-amino-alcohol motifs (C(OH)–C–C–N with tert-alkyl or cyclic N) is 1. The summed E-state index contributed by atoms with van der Waals surface area (Å²) in [6, 6.07) is 5.98. The molecule has 0 amide bonds. The zero-order valence-electron chi connectivity index (χ0n) is 15.0. The maximum absolute atomic E-state index is 10.7. The second-order valence-corrected chi connectivity index (χ2v) is 7.78. The number of rotatable bonds is 6. The van der Waals surface area contributed by atoms with Crippen LogP contribution in [0.3, 0.4) is 0 Å². The minimum absolute atomic E-state index is 0.132. The van der Waals surface area contributed by atoms with Crippen LogP contribution in [-0.4, -0.2) is 51.3 Å². The van der Waals surface area contributed by atoms with Crippen LogP contribution in [0.4, 0.5) is 0 Å². The van der Waals surface area contributed by atoms with E-state index in [-0.39, 0.29) is 6.42 Å². The van der Waals surface area contributed by atoms with Gasteiger partial charge in [-0.15, -0.1) is 0 Å². The predicted molar refractivity (Wildman–Crippen MR) is 96.6 cm³/mol. The zero-order valence-corrected chi connectivity index (χ0v) is 15.0. The molecule has 2 aliphatic rings. The summed E-state index contributed by atoms with van der Waals surface area (Å²) in [6.45, 7) is 2.83. The lowest BCUT2D eigenvalue weighted by molar-refractivity contribution is -0.136. The lowest BCUT2D eigenvalue weighted by atomic mass is 9.83. The van der Waals surface area contributed by atoms with Crippen molar-refractivity contribution in [3.8, 4) is 0 Å². The predicted octanol–water partition coefficient (Wildman–Crippen LogP) is 2.97. The third-order valence-corrected chi connectivity index (χ3v) is 5.73. The van der Waals surface area contributed by atoms with Gasteiger partial charge in [0.1, 0.15) is 0 Å². The van der Waals surface area contributed by atoms with Crippen LogP contribution in [0.25, 0.3) is 0 Å². The number of hydrogen-bond donors (Lipinski definition) is 2. The van der Waals surface area contributed by atoms with E-state index in [9.17, 15) is 9.90 Å². The van der Waals surface area contributed by atoms with E-state index in [0.717, 1.165) is 69.5 Å². The summed E-state index contributed by atoms with van der Waals surface area (Å²) in [5.41, 5.74) is 1.50. The molecular formula is C20H30N2O3. The molecule has 0 bridgehead atoms. The van der Waals surface area contributed by atoms with Crippen LogP contribution >= 0.6 is 0 Å². The number of aryl methyl sites for hydroxylation is 1. The van der Waals surface area contributed by atoms with Crippen molar-refractivity contribution in [2.45, 2.75) is 69.3 Å². The van der Waals surface area contributed by atoms with Crippen LogP contribution in [0.2, 0.25) is 0 Å². The van der Waals surface area contributed by atoms with E-state index < -0.39 is 11.6 Å². The smallest absolute Gasteiger partial charge is 0.303 e. The summed E-state index contributed by atoms with van der Waals surface area (Å²) >= 11 is 0. The summed E-state index contributed by atoms with van der Waals surface area (Å²) in [4.78, 5) is 17.8. The average molecular weight is 346 g/mol. The van der Waals surface area contributed by atoms with Gasteiger partial charge in [-0.3, -0.25) is 9.78 Å². The number of aromatic nitrogens is 1. The number of carbonyl (C=O) groups is 1. The third kappa shape index (κ3) is 5.25. The van der Waals surface area contributed by atoms with Crippen molar-refractivity contribution >= 4 is 5.97 Å². The average Bonchev–Trinajstić information content (AvgIpc) is 2.61. The van der Waals surface area contributed by atoms with E-state index in [0.29, 0.717) is 12.3 Å². The minimum atomic E-state index is -0.777. The molecule has 0 radical (unpaired) electrons. The van der Waals surface area contributed by atoms with Crippen LogP contribution in [-0.2, 0) is 11.2 Å². The van der Waals surface area contributed by atoms with Crippen molar-refractivity contribution in [3.63, 3.8) is 0 Å². The molecule has 1 aliphatic heterocycles. The number of aliphatic carboxylic acids is 1. The first-order valence-electron chi connectivity index (χ1n) is 9.66. The van der Waals surface area contributed by atoms with Gasteiger partial charge in [-0.2, -0.15) is 0 Å². The Balaban J connectivity index is 1.51. The summed E-state index contributed by atoms with van der Waals surface area (Å²) in [5.74, 6) is -0.330. The molecule has 25 heavy (non-hydrogen) atoms. The van der Waals surface area contributed by atoms with Gasteiger partial charge in [-0.25, -0.2) is 0 Å². The van der Waals surface area contributed by atoms with Crippen molar-refractivity contribution < 1.29 is 15.0 Å². The molecule has 2 N–H and O–H groups in total. The van der Waals surface area contributed by atoms with Gasteiger partial charge in [-0.05, 0) is 50.9 Å². The van der Waals surface area contributed by atoms with E-state index in [1.807, 2.05) is 12.1 Å². The van der Waals surface area contributed by atoms with Gasteiger partial charge in [0.2, 0.25) is 0 Å². The molecule has 1 aliphatic carbocycles. The molecular weight excluding hydrogens is 316 g/mol. The Morgan fingerprint density at radius 3 is 2.60 bits per heavy atom. The number of pyridine rings is 1. The lowest BCUT2D eigenvalue weighted by Gasteiger charge is -2.40. The highest BCUT2D eigenvalue weighted by atomic mass is 16.4. The van der Waals surface area contributed by atoms with Gasteiger partial charge in [0.15, 0.2) is 0 Å². The van der Waals surface area contributed by atoms with Crippen molar-refractivity contribution in [2.75, 3.05) is 19.6 Å². The van der Waals surface area contributed by atoms with Crippen molar-refractivity contribution in [1.82, 2.24) is 9.88 Å². The number of hydrogen-bond acceptors (Lipinski definition) is 4. The van der Waals surface area contributed by atoms with Gasteiger partial charge in [0, 0.05) is 30.3 Å². The standard InChI is InChI=1S/C20H30N2O3/c23-19(24)8-7-17-5-4-6-18(21-17)16-9-13-22(14-10-16)15-20(25)11-2-1-3-12-20/h4-6,16,25H,1-3,7-15H2,(H,23,24). The summed E-state index contributed by atoms with van der Waals surface area (Å²) in [6.07, 6.45) is 8.20. The molecule has 1 saturated carbocycles. The molecule has 3 rings (SSSR count). The summed E-state index contributed by atoms with van der Waals surface area (Å²) < 4.78 is 0. The van der Waals surface area contributed by atoms with Crippen molar-refractivity contribution in [3.05, 3.63) is 29.6 Å². The first-order chi connectivity index (χ1) is 12.0. The SMILES string of the molecule is O=C(O)CCc1cccc(C2CCN(CC3(O)CCCCC3)CC2)n1. The molecule has 5 heteroatoms. The number of likely N-dealkylation sites (tertiary alicyclic amines) is 1. The first kappa shape index (κ1) is 18.3. The summed E-state index contributed by atoms with van der Waals surface area (Å²) in [7, 11) is 0. The number of nitrogens with zero attached hydrogens (tertiary/aromatic N) is 2. The van der Waals surface area contributed by atoms with Crippen LogP contribution in [0.1, 0.15) is 68.7 Å². The zero-order chi connectivity index (χ0) is 17.7. The second-order valence-electron chi connectivity index (χ2n) is 7.78. The van der Waals surface area contributed by atoms with Crippen LogP contribution < -0.4 is 0 Å². The summed E-state index contributed by atoms with van der Waals surface area (Å²) in [5, 5.41) is 19.6. The van der Waals surface area contributed by atoms with E-state index >= 15 is 0 Å². The van der Waals surface area contributed by atoms with Crippen LogP contribution in [0, 0.1) is 0 Å². The van der Waals surface area contributed by atoms with Gasteiger partial charge in [-0.1, -0.05) is 25.3 Å². The van der Waals surface area contributed by atoms with E-state index in [2.05, 4.69) is 11.0 Å². The normalized spacial score (nSPS) is 22.0. The number of aliphatic hydroxyl groups is 1. The fraction of sp³-hybridized carbons (Fsp3) is 0.700. The lowest BCUT2D eigenvalue weighted by Crippen LogP contribution is -2.46. The number of carboxylic acid groups (broad SMARTS) is 1. The molecule has 1 saturated heterocycles. The Morgan fingerprint density at radius 2 is 1.92 bits per heavy atom. The van der Waals surface area contributed by atoms with Gasteiger partial charge >= 0.3 is 5.97 Å². The van der Waals surface area contributed by atoms with E-state index in [1.165, 1.54) is 6.42 Å². The van der Waals surface area contributed by atoms with Gasteiger partial charge in [0.05, 0.1) is 12.0 Å². The maximum Gasteiger partial charge on any atom is 0.303 e. The van der Waals surface area contributed by atoms with E-state index in [1.54, 1.807) is 0 Å².